The number of rotatable bonds is 7. The van der Waals surface area contributed by atoms with Crippen molar-refractivity contribution in [2.75, 3.05) is 20.3 Å². The van der Waals surface area contributed by atoms with Gasteiger partial charge in [0.05, 0.1) is 24.8 Å². The second-order valence-electron chi connectivity index (χ2n) is 4.59. The SMILES string of the molecule is CCC(CO)NC(COC)c1cccc(C(F)(F)F)c1. The standard InChI is InChI=1S/C14H20F3NO2/c1-3-12(8-19)18-13(9-20-2)10-5-4-6-11(7-10)14(15,16)17/h4-7,12-13,18-19H,3,8-9H2,1-2H3. The zero-order valence-electron chi connectivity index (χ0n) is 11.6. The van der Waals surface area contributed by atoms with Gasteiger partial charge in [-0.05, 0) is 24.1 Å². The van der Waals surface area contributed by atoms with Crippen LogP contribution in [0.3, 0.4) is 0 Å². The smallest absolute Gasteiger partial charge is 0.395 e. The normalized spacial score (nSPS) is 15.1. The van der Waals surface area contributed by atoms with Crippen LogP contribution in [-0.2, 0) is 10.9 Å². The Morgan fingerprint density at radius 3 is 2.55 bits per heavy atom. The van der Waals surface area contributed by atoms with E-state index in [9.17, 15) is 18.3 Å². The second kappa shape index (κ2) is 7.61. The highest BCUT2D eigenvalue weighted by molar-refractivity contribution is 5.28. The molecule has 0 fully saturated rings. The molecule has 2 atom stereocenters. The number of alkyl halides is 3. The summed E-state index contributed by atoms with van der Waals surface area (Å²) in [5, 5.41) is 12.3. The molecule has 6 heteroatoms. The number of benzene rings is 1. The number of halogens is 3. The zero-order valence-corrected chi connectivity index (χ0v) is 11.6. The third kappa shape index (κ3) is 4.77. The molecule has 0 spiro atoms. The molecule has 3 nitrogen and oxygen atoms in total. The molecule has 1 rings (SSSR count). The van der Waals surface area contributed by atoms with Crippen LogP contribution in [0.15, 0.2) is 24.3 Å². The first-order chi connectivity index (χ1) is 9.42. The molecule has 0 aliphatic heterocycles. The van der Waals surface area contributed by atoms with Gasteiger partial charge in [-0.3, -0.25) is 0 Å². The highest BCUT2D eigenvalue weighted by Gasteiger charge is 2.31. The van der Waals surface area contributed by atoms with Crippen molar-refractivity contribution >= 4 is 0 Å². The number of aliphatic hydroxyl groups is 1. The quantitative estimate of drug-likeness (QED) is 0.811. The lowest BCUT2D eigenvalue weighted by Gasteiger charge is -2.24. The third-order valence-corrected chi connectivity index (χ3v) is 3.10. The van der Waals surface area contributed by atoms with Crippen LogP contribution < -0.4 is 5.32 Å². The zero-order chi connectivity index (χ0) is 15.2. The summed E-state index contributed by atoms with van der Waals surface area (Å²) in [5.41, 5.74) is -0.191. The monoisotopic (exact) mass is 291 g/mol. The van der Waals surface area contributed by atoms with Crippen molar-refractivity contribution in [2.45, 2.75) is 31.6 Å². The maximum absolute atomic E-state index is 12.7. The van der Waals surface area contributed by atoms with E-state index in [0.29, 0.717) is 12.0 Å². The lowest BCUT2D eigenvalue weighted by atomic mass is 10.0. The van der Waals surface area contributed by atoms with Crippen LogP contribution in [0.4, 0.5) is 13.2 Å². The Bertz CT molecular complexity index is 406. The van der Waals surface area contributed by atoms with Crippen LogP contribution in [0.5, 0.6) is 0 Å². The fourth-order valence-electron chi connectivity index (χ4n) is 1.92. The van der Waals surface area contributed by atoms with E-state index in [1.165, 1.54) is 13.2 Å². The number of ether oxygens (including phenoxy) is 1. The molecule has 0 bridgehead atoms. The summed E-state index contributed by atoms with van der Waals surface area (Å²) < 4.78 is 43.2. The molecule has 0 aliphatic rings. The Hall–Kier alpha value is -1.11. The second-order valence-corrected chi connectivity index (χ2v) is 4.59. The van der Waals surface area contributed by atoms with Crippen molar-refractivity contribution in [3.8, 4) is 0 Å². The summed E-state index contributed by atoms with van der Waals surface area (Å²) in [6, 6.07) is 4.58. The van der Waals surface area contributed by atoms with Crippen molar-refractivity contribution in [1.29, 1.82) is 0 Å². The molecule has 2 N–H and O–H groups in total. The van der Waals surface area contributed by atoms with E-state index in [1.54, 1.807) is 6.07 Å². The summed E-state index contributed by atoms with van der Waals surface area (Å²) >= 11 is 0. The number of methoxy groups -OCH3 is 1. The molecule has 114 valence electrons. The van der Waals surface area contributed by atoms with Crippen LogP contribution in [-0.4, -0.2) is 31.5 Å². The third-order valence-electron chi connectivity index (χ3n) is 3.10. The van der Waals surface area contributed by atoms with Gasteiger partial charge in [-0.25, -0.2) is 0 Å². The van der Waals surface area contributed by atoms with Crippen LogP contribution >= 0.6 is 0 Å². The number of nitrogens with one attached hydrogen (secondary N) is 1. The number of aliphatic hydroxyl groups excluding tert-OH is 1. The molecule has 0 amide bonds. The fourth-order valence-corrected chi connectivity index (χ4v) is 1.92. The Morgan fingerprint density at radius 2 is 2.05 bits per heavy atom. The van der Waals surface area contributed by atoms with Gasteiger partial charge in [-0.2, -0.15) is 13.2 Å². The topological polar surface area (TPSA) is 41.5 Å². The van der Waals surface area contributed by atoms with E-state index in [-0.39, 0.29) is 25.3 Å². The molecule has 0 heterocycles. The van der Waals surface area contributed by atoms with Crippen molar-refractivity contribution < 1.29 is 23.0 Å². The van der Waals surface area contributed by atoms with E-state index < -0.39 is 11.7 Å². The van der Waals surface area contributed by atoms with Gasteiger partial charge in [0.25, 0.3) is 0 Å². The number of hydrogen-bond donors (Lipinski definition) is 2. The Kier molecular flexibility index (Phi) is 6.45. The molecule has 1 aromatic rings. The minimum Gasteiger partial charge on any atom is -0.395 e. The first kappa shape index (κ1) is 16.9. The van der Waals surface area contributed by atoms with E-state index >= 15 is 0 Å². The van der Waals surface area contributed by atoms with Crippen molar-refractivity contribution in [2.24, 2.45) is 0 Å². The summed E-state index contributed by atoms with van der Waals surface area (Å²) in [6.45, 7) is 2.05. The molecule has 0 radical (unpaired) electrons. The van der Waals surface area contributed by atoms with Crippen LogP contribution in [0, 0.1) is 0 Å². The first-order valence-electron chi connectivity index (χ1n) is 6.45. The van der Waals surface area contributed by atoms with Crippen molar-refractivity contribution in [1.82, 2.24) is 5.32 Å². The van der Waals surface area contributed by atoms with E-state index in [1.807, 2.05) is 6.92 Å². The summed E-state index contributed by atoms with van der Waals surface area (Å²) in [6.07, 6.45) is -3.69. The molecule has 0 saturated heterocycles. The maximum atomic E-state index is 12.7. The number of hydrogen-bond acceptors (Lipinski definition) is 3. The van der Waals surface area contributed by atoms with Gasteiger partial charge in [0, 0.05) is 13.2 Å². The molecular formula is C14H20F3NO2. The molecule has 20 heavy (non-hydrogen) atoms. The highest BCUT2D eigenvalue weighted by Crippen LogP contribution is 2.30. The van der Waals surface area contributed by atoms with Crippen molar-refractivity contribution in [3.63, 3.8) is 0 Å². The van der Waals surface area contributed by atoms with Crippen molar-refractivity contribution in [3.05, 3.63) is 35.4 Å². The van der Waals surface area contributed by atoms with Gasteiger partial charge in [0.15, 0.2) is 0 Å². The largest absolute Gasteiger partial charge is 0.416 e. The minimum absolute atomic E-state index is 0.0737. The molecule has 0 saturated carbocycles. The van der Waals surface area contributed by atoms with E-state index in [0.717, 1.165) is 12.1 Å². The predicted molar refractivity (Wildman–Crippen MR) is 70.4 cm³/mol. The maximum Gasteiger partial charge on any atom is 0.416 e. The average Bonchev–Trinajstić information content (AvgIpc) is 2.42. The fraction of sp³-hybridized carbons (Fsp3) is 0.571. The van der Waals surface area contributed by atoms with Crippen LogP contribution in [0.2, 0.25) is 0 Å². The first-order valence-corrected chi connectivity index (χ1v) is 6.45. The lowest BCUT2D eigenvalue weighted by molar-refractivity contribution is -0.137. The average molecular weight is 291 g/mol. The molecule has 2 unspecified atom stereocenters. The Balaban J connectivity index is 2.96. The molecular weight excluding hydrogens is 271 g/mol. The molecule has 0 aliphatic carbocycles. The van der Waals surface area contributed by atoms with Gasteiger partial charge in [-0.1, -0.05) is 19.1 Å². The molecule has 1 aromatic carbocycles. The molecule has 0 aromatic heterocycles. The Morgan fingerprint density at radius 1 is 1.35 bits per heavy atom. The summed E-state index contributed by atoms with van der Waals surface area (Å²) in [7, 11) is 1.49. The van der Waals surface area contributed by atoms with Gasteiger partial charge in [0.1, 0.15) is 0 Å². The van der Waals surface area contributed by atoms with Crippen LogP contribution in [0.1, 0.15) is 30.5 Å². The Labute approximate surface area is 116 Å². The van der Waals surface area contributed by atoms with Gasteiger partial charge in [0.2, 0.25) is 0 Å². The highest BCUT2D eigenvalue weighted by atomic mass is 19.4. The summed E-state index contributed by atoms with van der Waals surface area (Å²) in [5.74, 6) is 0. The lowest BCUT2D eigenvalue weighted by Crippen LogP contribution is -2.37. The predicted octanol–water partition coefficient (Wildman–Crippen LogP) is 2.75. The summed E-state index contributed by atoms with van der Waals surface area (Å²) in [4.78, 5) is 0. The minimum atomic E-state index is -4.37. The van der Waals surface area contributed by atoms with E-state index in [4.69, 9.17) is 4.74 Å². The van der Waals surface area contributed by atoms with Gasteiger partial charge < -0.3 is 15.2 Å². The van der Waals surface area contributed by atoms with E-state index in [2.05, 4.69) is 5.32 Å². The van der Waals surface area contributed by atoms with Gasteiger partial charge in [-0.15, -0.1) is 0 Å². The van der Waals surface area contributed by atoms with Gasteiger partial charge >= 0.3 is 6.18 Å². The van der Waals surface area contributed by atoms with Crippen LogP contribution in [0.25, 0.3) is 0 Å².